The minimum atomic E-state index is -0.476. The monoisotopic (exact) mass is 421 g/mol. The topological polar surface area (TPSA) is 61.4 Å². The zero-order chi connectivity index (χ0) is 21.5. The predicted octanol–water partition coefficient (Wildman–Crippen LogP) is 4.62. The Hall–Kier alpha value is -3.58. The minimum Gasteiger partial charge on any atom is -0.332 e. The molecule has 2 amide bonds. The Balaban J connectivity index is 1.76. The van der Waals surface area contributed by atoms with Crippen molar-refractivity contribution < 1.29 is 14.0 Å². The summed E-state index contributed by atoms with van der Waals surface area (Å²) in [7, 11) is 0. The zero-order valence-electron chi connectivity index (χ0n) is 16.3. The van der Waals surface area contributed by atoms with Crippen molar-refractivity contribution in [3.63, 3.8) is 0 Å². The summed E-state index contributed by atoms with van der Waals surface area (Å²) < 4.78 is 13.0. The molecule has 3 aromatic carbocycles. The molecule has 152 valence electrons. The van der Waals surface area contributed by atoms with Crippen molar-refractivity contribution in [2.45, 2.75) is 6.92 Å². The second-order valence-electron chi connectivity index (χ2n) is 6.35. The van der Waals surface area contributed by atoms with Crippen LogP contribution in [0.3, 0.4) is 0 Å². The number of hydrogen-bond acceptors (Lipinski definition) is 3. The van der Waals surface area contributed by atoms with Gasteiger partial charge in [-0.1, -0.05) is 30.3 Å². The SMILES string of the molecule is CCN(C(=O)c1ccccc1NC(=S)NC(=O)c1ccc(F)cc1)c1ccccc1. The lowest BCUT2D eigenvalue weighted by Crippen LogP contribution is -2.35. The molecule has 3 rings (SSSR count). The molecule has 0 bridgehead atoms. The highest BCUT2D eigenvalue weighted by Gasteiger charge is 2.19. The molecule has 0 unspecified atom stereocenters. The van der Waals surface area contributed by atoms with Gasteiger partial charge in [-0.3, -0.25) is 14.9 Å². The summed E-state index contributed by atoms with van der Waals surface area (Å²) in [5.74, 6) is -1.10. The van der Waals surface area contributed by atoms with Gasteiger partial charge in [-0.25, -0.2) is 4.39 Å². The van der Waals surface area contributed by atoms with Crippen LogP contribution in [0.5, 0.6) is 0 Å². The molecule has 0 fully saturated rings. The molecule has 0 aromatic heterocycles. The maximum absolute atomic E-state index is 13.2. The first-order valence-corrected chi connectivity index (χ1v) is 9.74. The van der Waals surface area contributed by atoms with E-state index in [9.17, 15) is 14.0 Å². The molecule has 2 N–H and O–H groups in total. The minimum absolute atomic E-state index is 0.0346. The van der Waals surface area contributed by atoms with Crippen LogP contribution < -0.4 is 15.5 Å². The summed E-state index contributed by atoms with van der Waals surface area (Å²) in [5, 5.41) is 5.49. The van der Waals surface area contributed by atoms with E-state index in [1.165, 1.54) is 24.3 Å². The van der Waals surface area contributed by atoms with Crippen LogP contribution in [0.25, 0.3) is 0 Å². The summed E-state index contributed by atoms with van der Waals surface area (Å²) in [6.07, 6.45) is 0. The third kappa shape index (κ3) is 5.07. The van der Waals surface area contributed by atoms with Crippen molar-refractivity contribution in [1.29, 1.82) is 0 Å². The van der Waals surface area contributed by atoms with Gasteiger partial charge < -0.3 is 10.2 Å². The van der Waals surface area contributed by atoms with Crippen molar-refractivity contribution in [3.05, 3.63) is 95.8 Å². The summed E-state index contributed by atoms with van der Waals surface area (Å²) in [6.45, 7) is 2.39. The number of halogens is 1. The second-order valence-corrected chi connectivity index (χ2v) is 6.75. The molecule has 5 nitrogen and oxygen atoms in total. The van der Waals surface area contributed by atoms with Gasteiger partial charge in [-0.05, 0) is 67.7 Å². The average Bonchev–Trinajstić information content (AvgIpc) is 2.75. The standard InChI is InChI=1S/C23H20FN3O2S/c1-2-27(18-8-4-3-5-9-18)22(29)19-10-6-7-11-20(19)25-23(30)26-21(28)16-12-14-17(24)15-13-16/h3-15H,2H2,1H3,(H2,25,26,28,30). The highest BCUT2D eigenvalue weighted by Crippen LogP contribution is 2.21. The van der Waals surface area contributed by atoms with Crippen molar-refractivity contribution >= 4 is 40.5 Å². The Kier molecular flexibility index (Phi) is 6.87. The van der Waals surface area contributed by atoms with Gasteiger partial charge in [-0.15, -0.1) is 0 Å². The fourth-order valence-electron chi connectivity index (χ4n) is 2.91. The molecule has 30 heavy (non-hydrogen) atoms. The van der Waals surface area contributed by atoms with Crippen LogP contribution in [-0.4, -0.2) is 23.5 Å². The summed E-state index contributed by atoms with van der Waals surface area (Å²) >= 11 is 5.23. The number of rotatable bonds is 5. The number of thiocarbonyl (C=S) groups is 1. The van der Waals surface area contributed by atoms with Gasteiger partial charge in [0.25, 0.3) is 11.8 Å². The van der Waals surface area contributed by atoms with Gasteiger partial charge in [0.1, 0.15) is 5.82 Å². The van der Waals surface area contributed by atoms with Crippen LogP contribution in [0.2, 0.25) is 0 Å². The van der Waals surface area contributed by atoms with E-state index in [0.29, 0.717) is 17.8 Å². The lowest BCUT2D eigenvalue weighted by molar-refractivity contribution is 0.0974. The fraction of sp³-hybridized carbons (Fsp3) is 0.0870. The number of para-hydroxylation sites is 2. The molecule has 0 heterocycles. The first kappa shape index (κ1) is 21.1. The number of nitrogens with one attached hydrogen (secondary N) is 2. The second kappa shape index (κ2) is 9.76. The lowest BCUT2D eigenvalue weighted by atomic mass is 10.1. The first-order chi connectivity index (χ1) is 14.5. The number of carbonyl (C=O) groups excluding carboxylic acids is 2. The Bertz CT molecular complexity index is 1060. The van der Waals surface area contributed by atoms with Crippen LogP contribution in [0.4, 0.5) is 15.8 Å². The van der Waals surface area contributed by atoms with Gasteiger partial charge in [0, 0.05) is 17.8 Å². The highest BCUT2D eigenvalue weighted by molar-refractivity contribution is 7.80. The average molecular weight is 421 g/mol. The number of benzene rings is 3. The van der Waals surface area contributed by atoms with E-state index < -0.39 is 11.7 Å². The number of amides is 2. The Morgan fingerprint density at radius 3 is 2.23 bits per heavy atom. The molecule has 0 radical (unpaired) electrons. The predicted molar refractivity (Wildman–Crippen MR) is 120 cm³/mol. The van der Waals surface area contributed by atoms with E-state index in [1.807, 2.05) is 37.3 Å². The first-order valence-electron chi connectivity index (χ1n) is 9.33. The van der Waals surface area contributed by atoms with E-state index in [1.54, 1.807) is 29.2 Å². The van der Waals surface area contributed by atoms with Crippen molar-refractivity contribution in [3.8, 4) is 0 Å². The van der Waals surface area contributed by atoms with Gasteiger partial charge in [0.15, 0.2) is 5.11 Å². The number of carbonyl (C=O) groups is 2. The molecule has 0 saturated carbocycles. The maximum Gasteiger partial charge on any atom is 0.260 e. The normalized spacial score (nSPS) is 10.2. The molecule has 0 spiro atoms. The van der Waals surface area contributed by atoms with E-state index in [-0.39, 0.29) is 16.6 Å². The molecule has 0 aliphatic heterocycles. The largest absolute Gasteiger partial charge is 0.332 e. The molecule has 0 aliphatic carbocycles. The Morgan fingerprint density at radius 1 is 0.933 bits per heavy atom. The molecule has 7 heteroatoms. The third-order valence-corrected chi connectivity index (χ3v) is 4.57. The Labute approximate surface area is 179 Å². The number of anilines is 2. The molecule has 0 atom stereocenters. The van der Waals surface area contributed by atoms with Gasteiger partial charge in [0.05, 0.1) is 11.3 Å². The summed E-state index contributed by atoms with van der Waals surface area (Å²) in [6, 6.07) is 21.4. The van der Waals surface area contributed by atoms with Crippen LogP contribution >= 0.6 is 12.2 Å². The lowest BCUT2D eigenvalue weighted by Gasteiger charge is -2.22. The van der Waals surface area contributed by atoms with E-state index in [2.05, 4.69) is 10.6 Å². The maximum atomic E-state index is 13.2. The summed E-state index contributed by atoms with van der Waals surface area (Å²) in [5.41, 5.74) is 1.95. The molecular weight excluding hydrogens is 401 g/mol. The van der Waals surface area contributed by atoms with E-state index in [0.717, 1.165) is 5.69 Å². The van der Waals surface area contributed by atoms with Crippen LogP contribution in [0.15, 0.2) is 78.9 Å². The van der Waals surface area contributed by atoms with Crippen molar-refractivity contribution in [1.82, 2.24) is 5.32 Å². The Morgan fingerprint density at radius 2 is 1.57 bits per heavy atom. The summed E-state index contributed by atoms with van der Waals surface area (Å²) in [4.78, 5) is 27.1. The van der Waals surface area contributed by atoms with Crippen molar-refractivity contribution in [2.24, 2.45) is 0 Å². The van der Waals surface area contributed by atoms with E-state index >= 15 is 0 Å². The smallest absolute Gasteiger partial charge is 0.260 e. The number of nitrogens with zero attached hydrogens (tertiary/aromatic N) is 1. The van der Waals surface area contributed by atoms with Crippen LogP contribution in [0, 0.1) is 5.82 Å². The van der Waals surface area contributed by atoms with Gasteiger partial charge in [-0.2, -0.15) is 0 Å². The fourth-order valence-corrected chi connectivity index (χ4v) is 3.11. The van der Waals surface area contributed by atoms with Gasteiger partial charge in [0.2, 0.25) is 0 Å². The quantitative estimate of drug-likeness (QED) is 0.590. The highest BCUT2D eigenvalue weighted by atomic mass is 32.1. The third-order valence-electron chi connectivity index (χ3n) is 4.37. The molecular formula is C23H20FN3O2S. The van der Waals surface area contributed by atoms with Crippen LogP contribution in [0.1, 0.15) is 27.6 Å². The number of hydrogen-bond donors (Lipinski definition) is 2. The van der Waals surface area contributed by atoms with Gasteiger partial charge >= 0.3 is 0 Å². The molecule has 0 saturated heterocycles. The molecule has 0 aliphatic rings. The van der Waals surface area contributed by atoms with E-state index in [4.69, 9.17) is 12.2 Å². The van der Waals surface area contributed by atoms with Crippen molar-refractivity contribution in [2.75, 3.05) is 16.8 Å². The van der Waals surface area contributed by atoms with Crippen LogP contribution in [-0.2, 0) is 0 Å². The zero-order valence-corrected chi connectivity index (χ0v) is 17.1. The molecule has 3 aromatic rings.